The van der Waals surface area contributed by atoms with E-state index in [1.54, 1.807) is 6.92 Å². The van der Waals surface area contributed by atoms with Crippen molar-refractivity contribution in [3.05, 3.63) is 82.1 Å². The summed E-state index contributed by atoms with van der Waals surface area (Å²) in [6.45, 7) is -0.948. The predicted molar refractivity (Wildman–Crippen MR) is 128 cm³/mol. The summed E-state index contributed by atoms with van der Waals surface area (Å²) < 4.78 is 82.8. The van der Waals surface area contributed by atoms with Gasteiger partial charge >= 0.3 is 0 Å². The van der Waals surface area contributed by atoms with E-state index < -0.39 is 41.7 Å². The van der Waals surface area contributed by atoms with Crippen molar-refractivity contribution in [2.24, 2.45) is 0 Å². The van der Waals surface area contributed by atoms with E-state index in [1.807, 2.05) is 4.72 Å². The van der Waals surface area contributed by atoms with Crippen LogP contribution in [0.5, 0.6) is 5.75 Å². The van der Waals surface area contributed by atoms with Gasteiger partial charge in [0, 0.05) is 22.3 Å². The average Bonchev–Trinajstić information content (AvgIpc) is 2.81. The monoisotopic (exact) mass is 494 g/mol. The average molecular weight is 495 g/mol. The Morgan fingerprint density at radius 1 is 1.18 bits per heavy atom. The molecule has 1 aromatic heterocycles. The molecule has 0 saturated carbocycles. The summed E-state index contributed by atoms with van der Waals surface area (Å²) in [6, 6.07) is 11.1. The van der Waals surface area contributed by atoms with Gasteiger partial charge in [-0.1, -0.05) is 53.6 Å². The zero-order chi connectivity index (χ0) is 29.2. The molecule has 0 spiro atoms. The van der Waals surface area contributed by atoms with E-state index in [0.29, 0.717) is 11.1 Å². The number of benzene rings is 2. The molecule has 0 aliphatic heterocycles. The van der Waals surface area contributed by atoms with E-state index in [0.717, 1.165) is 0 Å². The molecule has 1 amide bonds. The Morgan fingerprint density at radius 2 is 1.94 bits per heavy atom. The fourth-order valence-electron chi connectivity index (χ4n) is 3.16. The first-order chi connectivity index (χ1) is 18.0. The molecule has 33 heavy (non-hydrogen) atoms. The van der Waals surface area contributed by atoms with E-state index in [1.165, 1.54) is 61.8 Å². The first-order valence-corrected chi connectivity index (χ1v) is 11.7. The lowest BCUT2D eigenvalue weighted by molar-refractivity contribution is 0.0982. The number of nitrogens with one attached hydrogen (secondary N) is 1. The van der Waals surface area contributed by atoms with E-state index in [2.05, 4.69) is 4.98 Å². The topological polar surface area (TPSA) is 94.6 Å². The van der Waals surface area contributed by atoms with Crippen molar-refractivity contribution in [3.8, 4) is 16.9 Å². The standard InChI is InChI=1S/C24H25ClN2O5S/c1-15-5-10-19(20(11-15)21-12-23(25)26-13-22(21)32-4)24(28)27-33(29,30)14-17-6-8-18(9-7-17)16(2)31-3/h5-13,16H,14H2,1-4H3,(H,27,28)/t16-/m0/s1/i1D3,3D3. The Balaban J connectivity index is 1.90. The van der Waals surface area contributed by atoms with Gasteiger partial charge in [0.25, 0.3) is 5.91 Å². The minimum absolute atomic E-state index is 0.0473. The minimum atomic E-state index is -4.21. The van der Waals surface area contributed by atoms with Crippen LogP contribution in [-0.2, 0) is 20.5 Å². The van der Waals surface area contributed by atoms with Gasteiger partial charge < -0.3 is 9.47 Å². The van der Waals surface area contributed by atoms with Gasteiger partial charge in [-0.25, -0.2) is 18.1 Å². The quantitative estimate of drug-likeness (QED) is 0.456. The third kappa shape index (κ3) is 6.10. The van der Waals surface area contributed by atoms with Crippen LogP contribution < -0.4 is 9.46 Å². The van der Waals surface area contributed by atoms with E-state index in [9.17, 15) is 13.2 Å². The maximum absolute atomic E-state index is 13.2. The van der Waals surface area contributed by atoms with Crippen LogP contribution in [0.25, 0.3) is 11.1 Å². The predicted octanol–water partition coefficient (Wildman–Crippen LogP) is 4.69. The molecule has 3 aromatic rings. The minimum Gasteiger partial charge on any atom is -0.494 e. The molecule has 7 nitrogen and oxygen atoms in total. The van der Waals surface area contributed by atoms with Gasteiger partial charge in [0.15, 0.2) is 0 Å². The summed E-state index contributed by atoms with van der Waals surface area (Å²) in [7, 11) is -5.44. The van der Waals surface area contributed by atoms with E-state index >= 15 is 0 Å². The summed E-state index contributed by atoms with van der Waals surface area (Å²) in [5.74, 6) is -1.36. The molecule has 9 heteroatoms. The van der Waals surface area contributed by atoms with Gasteiger partial charge in [0.2, 0.25) is 10.0 Å². The van der Waals surface area contributed by atoms with Gasteiger partial charge in [0.05, 0.1) is 29.3 Å². The maximum Gasteiger partial charge on any atom is 0.265 e. The van der Waals surface area contributed by atoms with E-state index in [-0.39, 0.29) is 33.2 Å². The highest BCUT2D eigenvalue weighted by atomic mass is 35.5. The van der Waals surface area contributed by atoms with Crippen molar-refractivity contribution in [3.63, 3.8) is 0 Å². The second-order valence-corrected chi connectivity index (χ2v) is 9.27. The maximum atomic E-state index is 13.2. The third-order valence-corrected chi connectivity index (χ3v) is 6.26. The summed E-state index contributed by atoms with van der Waals surface area (Å²) in [4.78, 5) is 17.1. The van der Waals surface area contributed by atoms with Crippen molar-refractivity contribution in [2.45, 2.75) is 25.6 Å². The molecule has 0 saturated heterocycles. The smallest absolute Gasteiger partial charge is 0.265 e. The van der Waals surface area contributed by atoms with Crippen molar-refractivity contribution >= 4 is 27.5 Å². The van der Waals surface area contributed by atoms with Crippen LogP contribution >= 0.6 is 11.6 Å². The number of carbonyl (C=O) groups is 1. The Hall–Kier alpha value is -2.94. The van der Waals surface area contributed by atoms with Crippen LogP contribution in [0.3, 0.4) is 0 Å². The Kier molecular flexibility index (Phi) is 5.49. The zero-order valence-electron chi connectivity index (χ0n) is 23.8. The second kappa shape index (κ2) is 10.3. The number of sulfonamides is 1. The van der Waals surface area contributed by atoms with E-state index in [4.69, 9.17) is 29.3 Å². The first-order valence-electron chi connectivity index (χ1n) is 12.6. The molecular formula is C24H25ClN2O5S. The van der Waals surface area contributed by atoms with Crippen LogP contribution in [0.15, 0.2) is 54.7 Å². The highest BCUT2D eigenvalue weighted by Gasteiger charge is 2.22. The highest BCUT2D eigenvalue weighted by Crippen LogP contribution is 2.34. The number of pyridine rings is 1. The van der Waals surface area contributed by atoms with Gasteiger partial charge in [-0.3, -0.25) is 4.79 Å². The molecule has 2 aromatic carbocycles. The summed E-state index contributed by atoms with van der Waals surface area (Å²) in [5.41, 5.74) is 0.989. The Morgan fingerprint density at radius 3 is 2.61 bits per heavy atom. The fourth-order valence-corrected chi connectivity index (χ4v) is 4.41. The molecular weight excluding hydrogens is 464 g/mol. The lowest BCUT2D eigenvalue weighted by atomic mass is 9.97. The summed E-state index contributed by atoms with van der Waals surface area (Å²) >= 11 is 6.03. The van der Waals surface area contributed by atoms with Gasteiger partial charge in [-0.05, 0) is 42.6 Å². The van der Waals surface area contributed by atoms with Crippen LogP contribution in [0.1, 0.15) is 48.3 Å². The van der Waals surface area contributed by atoms with Crippen LogP contribution in [0, 0.1) is 6.85 Å². The summed E-state index contributed by atoms with van der Waals surface area (Å²) in [5, 5.41) is 0.0473. The van der Waals surface area contributed by atoms with Gasteiger partial charge in [-0.15, -0.1) is 0 Å². The summed E-state index contributed by atoms with van der Waals surface area (Å²) in [6.07, 6.45) is 0.545. The first kappa shape index (κ1) is 17.5. The SMILES string of the molecule is [2H]C([2H])([2H])O[C@@H](C)c1ccc(CS(=O)(=O)NC(=O)c2ccc(C([2H])([2H])[2H])cc2-c2cc(Cl)ncc2OC)cc1. The number of ether oxygens (including phenoxy) is 2. The molecule has 0 aliphatic carbocycles. The Bertz CT molecular complexity index is 1460. The Labute approximate surface area is 207 Å². The number of aryl methyl sites for hydroxylation is 1. The molecule has 0 aliphatic rings. The van der Waals surface area contributed by atoms with Crippen LogP contribution in [0.2, 0.25) is 5.15 Å². The van der Waals surface area contributed by atoms with Crippen molar-refractivity contribution in [2.75, 3.05) is 14.1 Å². The molecule has 0 bridgehead atoms. The number of hydrogen-bond donors (Lipinski definition) is 1. The second-order valence-electron chi connectivity index (χ2n) is 7.16. The lowest BCUT2D eigenvalue weighted by Crippen LogP contribution is -2.32. The number of hydrogen-bond acceptors (Lipinski definition) is 6. The third-order valence-electron chi connectivity index (χ3n) is 4.84. The van der Waals surface area contributed by atoms with Crippen molar-refractivity contribution in [1.29, 1.82) is 0 Å². The molecule has 1 N–H and O–H groups in total. The number of methoxy groups -OCH3 is 2. The van der Waals surface area contributed by atoms with Gasteiger partial charge in [-0.2, -0.15) is 0 Å². The molecule has 0 radical (unpaired) electrons. The molecule has 1 atom stereocenters. The molecule has 0 fully saturated rings. The molecule has 174 valence electrons. The highest BCUT2D eigenvalue weighted by molar-refractivity contribution is 7.89. The van der Waals surface area contributed by atoms with Crippen molar-refractivity contribution in [1.82, 2.24) is 9.71 Å². The number of rotatable bonds is 8. The largest absolute Gasteiger partial charge is 0.494 e. The lowest BCUT2D eigenvalue weighted by Gasteiger charge is -2.15. The molecule has 1 heterocycles. The van der Waals surface area contributed by atoms with Crippen LogP contribution in [0.4, 0.5) is 0 Å². The van der Waals surface area contributed by atoms with Crippen LogP contribution in [-0.4, -0.2) is 33.5 Å². The number of amides is 1. The number of halogens is 1. The normalized spacial score (nSPS) is 15.7. The number of nitrogens with zero attached hydrogens (tertiary/aromatic N) is 1. The van der Waals surface area contributed by atoms with Gasteiger partial charge in [0.1, 0.15) is 10.9 Å². The zero-order valence-corrected chi connectivity index (χ0v) is 19.3. The van der Waals surface area contributed by atoms with Crippen molar-refractivity contribution < 1.29 is 30.9 Å². The molecule has 0 unspecified atom stereocenters. The number of aromatic nitrogens is 1. The fraction of sp³-hybridized carbons (Fsp3) is 0.250. The molecule has 3 rings (SSSR count). The number of carbonyl (C=O) groups excluding carboxylic acids is 1.